The second-order valence-corrected chi connectivity index (χ2v) is 9.86. The van der Waals surface area contributed by atoms with Crippen LogP contribution in [0, 0.1) is 5.82 Å². The fourth-order valence-electron chi connectivity index (χ4n) is 4.55. The zero-order chi connectivity index (χ0) is 22.8. The molecule has 0 saturated carbocycles. The number of halogens is 1. The summed E-state index contributed by atoms with van der Waals surface area (Å²) in [6.45, 7) is 9.01. The highest BCUT2D eigenvalue weighted by Crippen LogP contribution is 2.46. The first-order chi connectivity index (χ1) is 15.2. The van der Waals surface area contributed by atoms with Crippen LogP contribution in [0.25, 0.3) is 12.2 Å². The lowest BCUT2D eigenvalue weighted by Crippen LogP contribution is -2.44. The van der Waals surface area contributed by atoms with E-state index >= 15 is 0 Å². The minimum atomic E-state index is -0.433. The molecule has 0 amide bonds. The SMILES string of the molecule is CC(C)(C)OC(=O)CCN1CCC2(CC1)COc1cc(/C=C/c3ccccc3F)ccc12. The standard InChI is InChI=1S/C27H32FNO3/c1-26(2,3)32-25(30)12-15-29-16-13-27(14-17-29)19-31-24-18-20(9-11-22(24)27)8-10-21-6-4-5-7-23(21)28/h4-11,18H,12-17,19H2,1-3H3/b10-8+. The number of rotatable bonds is 5. The van der Waals surface area contributed by atoms with Gasteiger partial charge in [-0.1, -0.05) is 42.5 Å². The third-order valence-corrected chi connectivity index (χ3v) is 6.31. The van der Waals surface area contributed by atoms with Crippen LogP contribution in [0.3, 0.4) is 0 Å². The number of hydrogen-bond acceptors (Lipinski definition) is 4. The van der Waals surface area contributed by atoms with Crippen LogP contribution in [0.5, 0.6) is 5.75 Å². The Hall–Kier alpha value is -2.66. The quantitative estimate of drug-likeness (QED) is 0.460. The maximum Gasteiger partial charge on any atom is 0.307 e. The Morgan fingerprint density at radius 3 is 2.62 bits per heavy atom. The monoisotopic (exact) mass is 437 g/mol. The number of hydrogen-bond donors (Lipinski definition) is 0. The van der Waals surface area contributed by atoms with E-state index in [0.29, 0.717) is 18.6 Å². The number of carbonyl (C=O) groups is 1. The van der Waals surface area contributed by atoms with E-state index in [2.05, 4.69) is 23.1 Å². The minimum Gasteiger partial charge on any atom is -0.492 e. The number of benzene rings is 2. The van der Waals surface area contributed by atoms with Crippen LogP contribution in [0.4, 0.5) is 4.39 Å². The third-order valence-electron chi connectivity index (χ3n) is 6.31. The average molecular weight is 438 g/mol. The zero-order valence-electron chi connectivity index (χ0n) is 19.2. The molecule has 4 rings (SSSR count). The first-order valence-corrected chi connectivity index (χ1v) is 11.4. The van der Waals surface area contributed by atoms with Crippen LogP contribution >= 0.6 is 0 Å². The first-order valence-electron chi connectivity index (χ1n) is 11.4. The lowest BCUT2D eigenvalue weighted by molar-refractivity contribution is -0.155. The van der Waals surface area contributed by atoms with E-state index in [1.54, 1.807) is 18.2 Å². The van der Waals surface area contributed by atoms with E-state index in [1.165, 1.54) is 11.6 Å². The zero-order valence-corrected chi connectivity index (χ0v) is 19.2. The number of nitrogens with zero attached hydrogens (tertiary/aromatic N) is 1. The number of carbonyl (C=O) groups excluding carboxylic acids is 1. The molecule has 1 spiro atoms. The molecule has 1 fully saturated rings. The Morgan fingerprint density at radius 1 is 1.16 bits per heavy atom. The van der Waals surface area contributed by atoms with Gasteiger partial charge in [-0.2, -0.15) is 0 Å². The Morgan fingerprint density at radius 2 is 1.91 bits per heavy atom. The molecule has 0 bridgehead atoms. The summed E-state index contributed by atoms with van der Waals surface area (Å²) in [4.78, 5) is 14.4. The summed E-state index contributed by atoms with van der Waals surface area (Å²) in [6.07, 6.45) is 6.17. The maximum absolute atomic E-state index is 13.8. The fraction of sp³-hybridized carbons (Fsp3) is 0.444. The van der Waals surface area contributed by atoms with Crippen molar-refractivity contribution in [1.29, 1.82) is 0 Å². The molecule has 2 heterocycles. The van der Waals surface area contributed by atoms with Crippen molar-refractivity contribution in [2.45, 2.75) is 51.0 Å². The Kier molecular flexibility index (Phi) is 6.38. The molecule has 4 nitrogen and oxygen atoms in total. The molecule has 0 aromatic heterocycles. The Labute approximate surface area is 190 Å². The molecule has 5 heteroatoms. The molecular weight excluding hydrogens is 405 g/mol. The van der Waals surface area contributed by atoms with Gasteiger partial charge in [0.25, 0.3) is 0 Å². The predicted octanol–water partition coefficient (Wildman–Crippen LogP) is 5.45. The molecule has 170 valence electrons. The number of esters is 1. The van der Waals surface area contributed by atoms with Crippen LogP contribution in [-0.4, -0.2) is 42.7 Å². The number of piperidine rings is 1. The van der Waals surface area contributed by atoms with Gasteiger partial charge in [-0.15, -0.1) is 0 Å². The molecule has 32 heavy (non-hydrogen) atoms. The molecule has 0 aliphatic carbocycles. The maximum atomic E-state index is 13.8. The number of ether oxygens (including phenoxy) is 2. The van der Waals surface area contributed by atoms with Gasteiger partial charge in [0.2, 0.25) is 0 Å². The van der Waals surface area contributed by atoms with Gasteiger partial charge in [0.1, 0.15) is 17.2 Å². The van der Waals surface area contributed by atoms with Gasteiger partial charge in [-0.25, -0.2) is 4.39 Å². The van der Waals surface area contributed by atoms with Gasteiger partial charge in [0.05, 0.1) is 13.0 Å². The molecular formula is C27H32FNO3. The first kappa shape index (κ1) is 22.5. The van der Waals surface area contributed by atoms with Gasteiger partial charge in [-0.3, -0.25) is 4.79 Å². The van der Waals surface area contributed by atoms with E-state index < -0.39 is 5.60 Å². The van der Waals surface area contributed by atoms with Crippen molar-refractivity contribution < 1.29 is 18.7 Å². The molecule has 0 unspecified atom stereocenters. The highest BCUT2D eigenvalue weighted by molar-refractivity contribution is 5.71. The molecule has 0 N–H and O–H groups in total. The van der Waals surface area contributed by atoms with Crippen molar-refractivity contribution in [3.63, 3.8) is 0 Å². The largest absolute Gasteiger partial charge is 0.492 e. The molecule has 0 atom stereocenters. The molecule has 1 saturated heterocycles. The molecule has 2 aromatic carbocycles. The summed E-state index contributed by atoms with van der Waals surface area (Å²) < 4.78 is 25.4. The summed E-state index contributed by atoms with van der Waals surface area (Å²) in [7, 11) is 0. The molecule has 2 aliphatic heterocycles. The van der Waals surface area contributed by atoms with Crippen molar-refractivity contribution in [1.82, 2.24) is 4.90 Å². The molecule has 2 aliphatic rings. The van der Waals surface area contributed by atoms with Gasteiger partial charge < -0.3 is 14.4 Å². The van der Waals surface area contributed by atoms with E-state index in [-0.39, 0.29) is 17.2 Å². The third kappa shape index (κ3) is 5.21. The van der Waals surface area contributed by atoms with Gasteiger partial charge >= 0.3 is 5.97 Å². The minimum absolute atomic E-state index is 0.0472. The predicted molar refractivity (Wildman–Crippen MR) is 125 cm³/mol. The van der Waals surface area contributed by atoms with Crippen molar-refractivity contribution in [2.24, 2.45) is 0 Å². The highest BCUT2D eigenvalue weighted by Gasteiger charge is 2.43. The lowest BCUT2D eigenvalue weighted by atomic mass is 9.74. The Balaban J connectivity index is 1.36. The Bertz CT molecular complexity index is 1000. The molecule has 2 aromatic rings. The second-order valence-electron chi connectivity index (χ2n) is 9.86. The summed E-state index contributed by atoms with van der Waals surface area (Å²) in [6, 6.07) is 13.1. The van der Waals surface area contributed by atoms with Crippen LogP contribution in [0.1, 0.15) is 56.7 Å². The summed E-state index contributed by atoms with van der Waals surface area (Å²) in [5.74, 6) is 0.574. The second kappa shape index (κ2) is 9.07. The number of likely N-dealkylation sites (tertiary alicyclic amines) is 1. The smallest absolute Gasteiger partial charge is 0.307 e. The normalized spacial score (nSPS) is 18.0. The van der Waals surface area contributed by atoms with Crippen molar-refractivity contribution in [3.8, 4) is 5.75 Å². The van der Waals surface area contributed by atoms with E-state index in [4.69, 9.17) is 9.47 Å². The highest BCUT2D eigenvalue weighted by atomic mass is 19.1. The van der Waals surface area contributed by atoms with Gasteiger partial charge in [0.15, 0.2) is 0 Å². The van der Waals surface area contributed by atoms with E-state index in [0.717, 1.165) is 43.8 Å². The van der Waals surface area contributed by atoms with Crippen molar-refractivity contribution in [2.75, 3.05) is 26.2 Å². The topological polar surface area (TPSA) is 38.8 Å². The number of fused-ring (bicyclic) bond motifs is 2. The van der Waals surface area contributed by atoms with Gasteiger partial charge in [0, 0.05) is 23.1 Å². The van der Waals surface area contributed by atoms with E-state index in [1.807, 2.05) is 32.9 Å². The van der Waals surface area contributed by atoms with Crippen LogP contribution in [0.2, 0.25) is 0 Å². The summed E-state index contributed by atoms with van der Waals surface area (Å²) >= 11 is 0. The molecule has 0 radical (unpaired) electrons. The van der Waals surface area contributed by atoms with Crippen LogP contribution in [-0.2, 0) is 14.9 Å². The lowest BCUT2D eigenvalue weighted by Gasteiger charge is -2.38. The van der Waals surface area contributed by atoms with Crippen LogP contribution < -0.4 is 4.74 Å². The van der Waals surface area contributed by atoms with E-state index in [9.17, 15) is 9.18 Å². The average Bonchev–Trinajstić information content (AvgIpc) is 3.09. The van der Waals surface area contributed by atoms with Gasteiger partial charge in [-0.05, 0) is 64.4 Å². The summed E-state index contributed by atoms with van der Waals surface area (Å²) in [5, 5.41) is 0. The fourth-order valence-corrected chi connectivity index (χ4v) is 4.55. The van der Waals surface area contributed by atoms with Crippen molar-refractivity contribution in [3.05, 3.63) is 65.0 Å². The van der Waals surface area contributed by atoms with Crippen molar-refractivity contribution >= 4 is 18.1 Å². The van der Waals surface area contributed by atoms with Crippen LogP contribution in [0.15, 0.2) is 42.5 Å². The summed E-state index contributed by atoms with van der Waals surface area (Å²) in [5.41, 5.74) is 2.46.